The number of piperidine rings is 2. The number of amides is 1. The lowest BCUT2D eigenvalue weighted by atomic mass is 10.0. The third-order valence-corrected chi connectivity index (χ3v) is 4.02. The molecule has 0 saturated carbocycles. The maximum absolute atomic E-state index is 11.7. The van der Waals surface area contributed by atoms with Crippen molar-refractivity contribution < 1.29 is 9.53 Å². The molecule has 0 radical (unpaired) electrons. The smallest absolute Gasteiger partial charge is 0.422 e. The number of likely N-dealkylation sites (tertiary alicyclic amines) is 1. The average Bonchev–Trinajstić information content (AvgIpc) is 2.38. The highest BCUT2D eigenvalue weighted by molar-refractivity contribution is 5.67. The summed E-state index contributed by atoms with van der Waals surface area (Å²) >= 11 is 0. The van der Waals surface area contributed by atoms with Crippen LogP contribution in [0.4, 0.5) is 4.79 Å². The molecule has 2 fully saturated rings. The number of rotatable bonds is 2. The summed E-state index contributed by atoms with van der Waals surface area (Å²) in [5.74, 6) is 0. The van der Waals surface area contributed by atoms with Gasteiger partial charge in [-0.2, -0.15) is 0 Å². The number of hydrogen-bond acceptors (Lipinski definition) is 4. The molecule has 2 saturated heterocycles. The first-order valence-corrected chi connectivity index (χ1v) is 7.93. The molecule has 2 heterocycles. The van der Waals surface area contributed by atoms with Gasteiger partial charge in [0.05, 0.1) is 0 Å². The fraction of sp³-hybridized carbons (Fsp3) is 0.933. The van der Waals surface area contributed by atoms with Crippen LogP contribution >= 0.6 is 0 Å². The van der Waals surface area contributed by atoms with Gasteiger partial charge in [-0.05, 0) is 59.5 Å². The second-order valence-corrected chi connectivity index (χ2v) is 6.93. The van der Waals surface area contributed by atoms with E-state index in [4.69, 9.17) is 4.74 Å². The van der Waals surface area contributed by atoms with Crippen LogP contribution < -0.4 is 5.43 Å². The topological polar surface area (TPSA) is 44.8 Å². The monoisotopic (exact) mass is 283 g/mol. The molecular formula is C15H29N3O2. The number of carbonyl (C=O) groups is 1. The van der Waals surface area contributed by atoms with Crippen LogP contribution in [0.1, 0.15) is 52.9 Å². The molecule has 0 bridgehead atoms. The molecule has 0 spiro atoms. The number of hydrazine groups is 1. The Hall–Kier alpha value is -0.810. The van der Waals surface area contributed by atoms with Gasteiger partial charge >= 0.3 is 6.09 Å². The summed E-state index contributed by atoms with van der Waals surface area (Å²) in [7, 11) is 0. The highest BCUT2D eigenvalue weighted by Gasteiger charge is 2.27. The SMILES string of the molecule is CC(C)(C)OC(=O)NN1CCC(N2CCCCC2)CC1. The lowest BCUT2D eigenvalue weighted by molar-refractivity contribution is 0.0200. The van der Waals surface area contributed by atoms with E-state index in [-0.39, 0.29) is 6.09 Å². The number of ether oxygens (including phenoxy) is 1. The maximum atomic E-state index is 11.7. The van der Waals surface area contributed by atoms with Crippen molar-refractivity contribution in [2.24, 2.45) is 0 Å². The van der Waals surface area contributed by atoms with Crippen LogP contribution in [0.5, 0.6) is 0 Å². The van der Waals surface area contributed by atoms with Gasteiger partial charge in [0.1, 0.15) is 5.60 Å². The molecule has 5 heteroatoms. The summed E-state index contributed by atoms with van der Waals surface area (Å²) < 4.78 is 5.28. The Labute approximate surface area is 122 Å². The van der Waals surface area contributed by atoms with Gasteiger partial charge in [0.15, 0.2) is 0 Å². The number of nitrogens with one attached hydrogen (secondary N) is 1. The van der Waals surface area contributed by atoms with E-state index in [1.165, 1.54) is 32.4 Å². The second-order valence-electron chi connectivity index (χ2n) is 6.93. The Bertz CT molecular complexity index is 314. The van der Waals surface area contributed by atoms with E-state index < -0.39 is 5.60 Å². The van der Waals surface area contributed by atoms with Crippen molar-refractivity contribution in [2.45, 2.75) is 64.5 Å². The highest BCUT2D eigenvalue weighted by atomic mass is 16.6. The standard InChI is InChI=1S/C15H29N3O2/c1-15(2,3)20-14(19)16-18-11-7-13(8-12-18)17-9-5-4-6-10-17/h13H,4-12H2,1-3H3,(H,16,19). The van der Waals surface area contributed by atoms with Gasteiger partial charge in [0, 0.05) is 19.1 Å². The first-order valence-electron chi connectivity index (χ1n) is 7.93. The van der Waals surface area contributed by atoms with Gasteiger partial charge in [-0.3, -0.25) is 5.43 Å². The van der Waals surface area contributed by atoms with Crippen LogP contribution in [0.25, 0.3) is 0 Å². The zero-order chi connectivity index (χ0) is 14.6. The summed E-state index contributed by atoms with van der Waals surface area (Å²) in [6.07, 6.45) is 6.00. The van der Waals surface area contributed by atoms with Crippen molar-refractivity contribution in [3.63, 3.8) is 0 Å². The van der Waals surface area contributed by atoms with E-state index in [0.717, 1.165) is 25.9 Å². The predicted octanol–water partition coefficient (Wildman–Crippen LogP) is 2.38. The Balaban J connectivity index is 1.70. The van der Waals surface area contributed by atoms with Crippen LogP contribution in [0.15, 0.2) is 0 Å². The third kappa shape index (κ3) is 4.94. The first-order chi connectivity index (χ1) is 9.44. The van der Waals surface area contributed by atoms with Crippen molar-refractivity contribution in [2.75, 3.05) is 26.2 Å². The minimum Gasteiger partial charge on any atom is -0.443 e. The zero-order valence-electron chi connectivity index (χ0n) is 13.2. The van der Waals surface area contributed by atoms with E-state index in [2.05, 4.69) is 10.3 Å². The molecule has 0 aromatic heterocycles. The van der Waals surface area contributed by atoms with E-state index in [0.29, 0.717) is 6.04 Å². The van der Waals surface area contributed by atoms with Crippen molar-refractivity contribution in [1.82, 2.24) is 15.3 Å². The maximum Gasteiger partial charge on any atom is 0.422 e. The summed E-state index contributed by atoms with van der Waals surface area (Å²) in [5, 5.41) is 1.99. The summed E-state index contributed by atoms with van der Waals surface area (Å²) in [6.45, 7) is 9.99. The molecule has 0 atom stereocenters. The van der Waals surface area contributed by atoms with Crippen LogP contribution in [-0.2, 0) is 4.74 Å². The van der Waals surface area contributed by atoms with E-state index in [9.17, 15) is 4.79 Å². The zero-order valence-corrected chi connectivity index (χ0v) is 13.2. The average molecular weight is 283 g/mol. The predicted molar refractivity (Wildman–Crippen MR) is 79.4 cm³/mol. The molecule has 0 unspecified atom stereocenters. The molecule has 0 aliphatic carbocycles. The summed E-state index contributed by atoms with van der Waals surface area (Å²) in [6, 6.07) is 0.701. The quantitative estimate of drug-likeness (QED) is 0.845. The minimum absolute atomic E-state index is 0.339. The van der Waals surface area contributed by atoms with Crippen molar-refractivity contribution in [3.05, 3.63) is 0 Å². The van der Waals surface area contributed by atoms with Gasteiger partial charge in [-0.1, -0.05) is 6.42 Å². The molecule has 0 aromatic carbocycles. The summed E-state index contributed by atoms with van der Waals surface area (Å²) in [5.41, 5.74) is 2.42. The Morgan fingerprint density at radius 1 is 1.05 bits per heavy atom. The lowest BCUT2D eigenvalue weighted by Crippen LogP contribution is -2.52. The Morgan fingerprint density at radius 2 is 1.65 bits per heavy atom. The van der Waals surface area contributed by atoms with Gasteiger partial charge in [0.2, 0.25) is 0 Å². The van der Waals surface area contributed by atoms with Gasteiger partial charge in [-0.25, -0.2) is 9.80 Å². The number of nitrogens with zero attached hydrogens (tertiary/aromatic N) is 2. The Morgan fingerprint density at radius 3 is 2.20 bits per heavy atom. The molecular weight excluding hydrogens is 254 g/mol. The molecule has 1 N–H and O–H groups in total. The number of hydrogen-bond donors (Lipinski definition) is 1. The fourth-order valence-electron chi connectivity index (χ4n) is 3.06. The molecule has 1 amide bonds. The number of carbonyl (C=O) groups excluding carboxylic acids is 1. The van der Waals surface area contributed by atoms with E-state index >= 15 is 0 Å². The van der Waals surface area contributed by atoms with Crippen molar-refractivity contribution >= 4 is 6.09 Å². The molecule has 20 heavy (non-hydrogen) atoms. The largest absolute Gasteiger partial charge is 0.443 e. The van der Waals surface area contributed by atoms with Gasteiger partial charge in [-0.15, -0.1) is 0 Å². The molecule has 2 rings (SSSR count). The fourth-order valence-corrected chi connectivity index (χ4v) is 3.06. The minimum atomic E-state index is -0.434. The first kappa shape index (κ1) is 15.6. The molecule has 0 aromatic rings. The molecule has 116 valence electrons. The molecule has 2 aliphatic rings. The van der Waals surface area contributed by atoms with E-state index in [1.807, 2.05) is 25.8 Å². The molecule has 5 nitrogen and oxygen atoms in total. The molecule has 2 aliphatic heterocycles. The van der Waals surface area contributed by atoms with E-state index in [1.54, 1.807) is 0 Å². The van der Waals surface area contributed by atoms with Crippen molar-refractivity contribution in [1.29, 1.82) is 0 Å². The van der Waals surface area contributed by atoms with Crippen LogP contribution in [0, 0.1) is 0 Å². The summed E-state index contributed by atoms with van der Waals surface area (Å²) in [4.78, 5) is 14.4. The van der Waals surface area contributed by atoms with Crippen LogP contribution in [0.2, 0.25) is 0 Å². The third-order valence-electron chi connectivity index (χ3n) is 4.02. The van der Waals surface area contributed by atoms with Crippen LogP contribution in [-0.4, -0.2) is 53.8 Å². The van der Waals surface area contributed by atoms with Crippen molar-refractivity contribution in [3.8, 4) is 0 Å². The van der Waals surface area contributed by atoms with Gasteiger partial charge in [0.25, 0.3) is 0 Å². The van der Waals surface area contributed by atoms with Crippen LogP contribution in [0.3, 0.4) is 0 Å². The normalized spacial score (nSPS) is 23.6. The van der Waals surface area contributed by atoms with Gasteiger partial charge < -0.3 is 9.64 Å². The highest BCUT2D eigenvalue weighted by Crippen LogP contribution is 2.20. The second kappa shape index (κ2) is 6.76. The Kier molecular flexibility index (Phi) is 5.27. The lowest BCUT2D eigenvalue weighted by Gasteiger charge is -2.40.